The number of aliphatic carboxylic acids is 1. The molecule has 13 heteroatoms. The van der Waals surface area contributed by atoms with Gasteiger partial charge in [-0.25, -0.2) is 4.79 Å². The average Bonchev–Trinajstić information content (AvgIpc) is 2.59. The fraction of sp³-hybridized carbons (Fsp3) is 0.615. The Hall–Kier alpha value is -2.54. The number of guanidine groups is 1. The quantitative estimate of drug-likeness (QED) is 0.0710. The van der Waals surface area contributed by atoms with E-state index in [2.05, 4.69) is 33.6 Å². The van der Waals surface area contributed by atoms with Crippen LogP contribution < -0.4 is 33.2 Å². The minimum Gasteiger partial charge on any atom is -0.480 e. The molecule has 10 N–H and O–H groups in total. The number of nitrogens with zero attached hydrogens (tertiary/aromatic N) is 1. The Bertz CT molecular complexity index is 539. The molecular formula is C13H25N7O5S. The number of carboxylic acid groups (broad SMARTS) is 1. The molecular weight excluding hydrogens is 366 g/mol. The van der Waals surface area contributed by atoms with E-state index in [0.29, 0.717) is 6.42 Å². The summed E-state index contributed by atoms with van der Waals surface area (Å²) in [7, 11) is 0. The monoisotopic (exact) mass is 391 g/mol. The van der Waals surface area contributed by atoms with Gasteiger partial charge >= 0.3 is 5.97 Å². The highest BCUT2D eigenvalue weighted by atomic mass is 32.1. The minimum absolute atomic E-state index is 0.111. The molecule has 0 aromatic heterocycles. The van der Waals surface area contributed by atoms with Crippen molar-refractivity contribution in [2.45, 2.75) is 24.9 Å². The molecule has 0 spiro atoms. The van der Waals surface area contributed by atoms with Crippen molar-refractivity contribution in [3.05, 3.63) is 0 Å². The van der Waals surface area contributed by atoms with E-state index in [1.807, 2.05) is 0 Å². The van der Waals surface area contributed by atoms with Crippen LogP contribution in [0.25, 0.3) is 0 Å². The molecule has 12 nitrogen and oxygen atoms in total. The molecule has 0 heterocycles. The van der Waals surface area contributed by atoms with Gasteiger partial charge in [-0.1, -0.05) is 0 Å². The van der Waals surface area contributed by atoms with Gasteiger partial charge in [-0.3, -0.25) is 19.4 Å². The van der Waals surface area contributed by atoms with Gasteiger partial charge in [-0.15, -0.1) is 0 Å². The first-order valence-electron chi connectivity index (χ1n) is 7.66. The van der Waals surface area contributed by atoms with Gasteiger partial charge in [0, 0.05) is 12.3 Å². The standard InChI is InChI=1S/C13H25N7O5S/c14-4-9(21)18-5-10(22)19-7(2-1-3-17-13(15)16)11(23)20-8(6-26)12(24)25/h7-8,26H,1-6,14H2,(H,18,21)(H,19,22)(H,20,23)(H,24,25)(H4,15,16,17)/t7-,8-/m0/s1. The Morgan fingerprint density at radius 3 is 2.23 bits per heavy atom. The van der Waals surface area contributed by atoms with Gasteiger partial charge in [0.1, 0.15) is 12.1 Å². The molecule has 0 rings (SSSR count). The summed E-state index contributed by atoms with van der Waals surface area (Å²) in [5.41, 5.74) is 15.5. The molecule has 0 radical (unpaired) electrons. The normalized spacial score (nSPS) is 12.4. The largest absolute Gasteiger partial charge is 0.480 e. The van der Waals surface area contributed by atoms with Crippen LogP contribution in [-0.4, -0.2) is 72.2 Å². The van der Waals surface area contributed by atoms with E-state index in [0.717, 1.165) is 0 Å². The Balaban J connectivity index is 4.83. The molecule has 26 heavy (non-hydrogen) atoms. The van der Waals surface area contributed by atoms with E-state index >= 15 is 0 Å². The van der Waals surface area contributed by atoms with Gasteiger partial charge in [0.15, 0.2) is 5.96 Å². The first kappa shape index (κ1) is 23.5. The van der Waals surface area contributed by atoms with E-state index in [4.69, 9.17) is 22.3 Å². The maximum Gasteiger partial charge on any atom is 0.327 e. The first-order valence-corrected chi connectivity index (χ1v) is 8.30. The second-order valence-electron chi connectivity index (χ2n) is 5.13. The molecule has 2 atom stereocenters. The maximum atomic E-state index is 12.3. The number of hydrogen-bond acceptors (Lipinski definition) is 7. The number of carboxylic acids is 1. The van der Waals surface area contributed by atoms with Gasteiger partial charge in [-0.2, -0.15) is 12.6 Å². The number of nitrogens with one attached hydrogen (secondary N) is 3. The molecule has 3 amide bonds. The van der Waals surface area contributed by atoms with Gasteiger partial charge in [0.25, 0.3) is 0 Å². The van der Waals surface area contributed by atoms with Crippen molar-refractivity contribution in [1.82, 2.24) is 16.0 Å². The Morgan fingerprint density at radius 2 is 1.73 bits per heavy atom. The number of carbonyl (C=O) groups excluding carboxylic acids is 3. The average molecular weight is 391 g/mol. The highest BCUT2D eigenvalue weighted by Gasteiger charge is 2.25. The van der Waals surface area contributed by atoms with Crippen LogP contribution >= 0.6 is 12.6 Å². The summed E-state index contributed by atoms with van der Waals surface area (Å²) in [4.78, 5) is 49.9. The number of hydrogen-bond donors (Lipinski definition) is 8. The summed E-state index contributed by atoms with van der Waals surface area (Å²) >= 11 is 3.86. The number of thiol groups is 1. The Kier molecular flexibility index (Phi) is 11.5. The molecule has 0 saturated carbocycles. The lowest BCUT2D eigenvalue weighted by Crippen LogP contribution is -2.53. The van der Waals surface area contributed by atoms with Gasteiger partial charge in [0.05, 0.1) is 13.1 Å². The number of carbonyl (C=O) groups is 4. The molecule has 0 aliphatic heterocycles. The molecule has 0 aromatic carbocycles. The molecule has 0 fully saturated rings. The number of rotatable bonds is 12. The van der Waals surface area contributed by atoms with E-state index in [1.165, 1.54) is 0 Å². The van der Waals surface area contributed by atoms with Crippen molar-refractivity contribution in [2.75, 3.05) is 25.4 Å². The molecule has 0 bridgehead atoms. The molecule has 0 aromatic rings. The van der Waals surface area contributed by atoms with Crippen LogP contribution in [-0.2, 0) is 19.2 Å². The fourth-order valence-corrected chi connectivity index (χ4v) is 1.97. The SMILES string of the molecule is NCC(=O)NCC(=O)N[C@@H](CCCN=C(N)N)C(=O)N[C@@H](CS)C(=O)O. The van der Waals surface area contributed by atoms with Crippen LogP contribution in [0.15, 0.2) is 4.99 Å². The van der Waals surface area contributed by atoms with Crippen LogP contribution in [0.1, 0.15) is 12.8 Å². The van der Waals surface area contributed by atoms with Crippen molar-refractivity contribution in [3.8, 4) is 0 Å². The fourth-order valence-electron chi connectivity index (χ4n) is 1.73. The summed E-state index contributed by atoms with van der Waals surface area (Å²) < 4.78 is 0. The third-order valence-corrected chi connectivity index (χ3v) is 3.39. The zero-order valence-electron chi connectivity index (χ0n) is 14.1. The van der Waals surface area contributed by atoms with E-state index in [-0.39, 0.29) is 37.8 Å². The smallest absolute Gasteiger partial charge is 0.327 e. The summed E-state index contributed by atoms with van der Waals surface area (Å²) in [6.45, 7) is -0.429. The molecule has 0 unspecified atom stereocenters. The van der Waals surface area contributed by atoms with Gasteiger partial charge < -0.3 is 38.3 Å². The zero-order valence-corrected chi connectivity index (χ0v) is 15.0. The van der Waals surface area contributed by atoms with Crippen LogP contribution in [0.2, 0.25) is 0 Å². The lowest BCUT2D eigenvalue weighted by molar-refractivity contribution is -0.141. The third kappa shape index (κ3) is 10.4. The highest BCUT2D eigenvalue weighted by Crippen LogP contribution is 2.00. The molecule has 0 aliphatic carbocycles. The van der Waals surface area contributed by atoms with Gasteiger partial charge in [0.2, 0.25) is 17.7 Å². The predicted molar refractivity (Wildman–Crippen MR) is 97.3 cm³/mol. The van der Waals surface area contributed by atoms with Crippen LogP contribution in [0, 0.1) is 0 Å². The van der Waals surface area contributed by atoms with E-state index < -0.39 is 35.8 Å². The first-order chi connectivity index (χ1) is 12.2. The van der Waals surface area contributed by atoms with Crippen molar-refractivity contribution in [1.29, 1.82) is 0 Å². The Labute approximate surface area is 155 Å². The topological polar surface area (TPSA) is 215 Å². The van der Waals surface area contributed by atoms with Crippen molar-refractivity contribution in [3.63, 3.8) is 0 Å². The minimum atomic E-state index is -1.26. The number of nitrogens with two attached hydrogens (primary N) is 3. The maximum absolute atomic E-state index is 12.3. The van der Waals surface area contributed by atoms with Crippen LogP contribution in [0.5, 0.6) is 0 Å². The van der Waals surface area contributed by atoms with Crippen LogP contribution in [0.3, 0.4) is 0 Å². The van der Waals surface area contributed by atoms with E-state index in [9.17, 15) is 19.2 Å². The van der Waals surface area contributed by atoms with Gasteiger partial charge in [-0.05, 0) is 12.8 Å². The predicted octanol–water partition coefficient (Wildman–Crippen LogP) is -3.90. The second kappa shape index (κ2) is 12.8. The summed E-state index contributed by atoms with van der Waals surface area (Å²) in [6.07, 6.45) is 0.502. The summed E-state index contributed by atoms with van der Waals surface area (Å²) in [6, 6.07) is -2.24. The summed E-state index contributed by atoms with van der Waals surface area (Å²) in [5.74, 6) is -3.35. The highest BCUT2D eigenvalue weighted by molar-refractivity contribution is 7.80. The molecule has 0 aliphatic rings. The lowest BCUT2D eigenvalue weighted by atomic mass is 10.1. The zero-order chi connectivity index (χ0) is 20.1. The van der Waals surface area contributed by atoms with Crippen molar-refractivity contribution < 1.29 is 24.3 Å². The van der Waals surface area contributed by atoms with Crippen molar-refractivity contribution >= 4 is 42.3 Å². The number of aliphatic imine (C=N–C) groups is 1. The molecule has 148 valence electrons. The number of amides is 3. The molecule has 0 saturated heterocycles. The summed E-state index contributed by atoms with van der Waals surface area (Å²) in [5, 5.41) is 15.9. The lowest BCUT2D eigenvalue weighted by Gasteiger charge is -2.20. The Morgan fingerprint density at radius 1 is 1.08 bits per heavy atom. The van der Waals surface area contributed by atoms with Crippen molar-refractivity contribution in [2.24, 2.45) is 22.2 Å². The second-order valence-corrected chi connectivity index (χ2v) is 5.50. The van der Waals surface area contributed by atoms with E-state index in [1.54, 1.807) is 0 Å². The van der Waals surface area contributed by atoms with Crippen LogP contribution in [0.4, 0.5) is 0 Å². The third-order valence-electron chi connectivity index (χ3n) is 3.03.